The van der Waals surface area contributed by atoms with Crippen LogP contribution in [0.25, 0.3) is 0 Å². The minimum atomic E-state index is -0.875. The van der Waals surface area contributed by atoms with Gasteiger partial charge in [-0.1, -0.05) is 12.8 Å². The zero-order valence-electron chi connectivity index (χ0n) is 9.32. The SMILES string of the molecule is Cn1ccnc(N[C@@H]2CCCC[C@H]2F)c1=O. The highest BCUT2D eigenvalue weighted by Gasteiger charge is 2.25. The molecule has 0 aliphatic heterocycles. The van der Waals surface area contributed by atoms with E-state index in [1.807, 2.05) is 0 Å². The van der Waals surface area contributed by atoms with Gasteiger partial charge in [0, 0.05) is 19.4 Å². The van der Waals surface area contributed by atoms with E-state index in [-0.39, 0.29) is 17.4 Å². The molecule has 1 aromatic heterocycles. The van der Waals surface area contributed by atoms with Crippen molar-refractivity contribution in [1.29, 1.82) is 0 Å². The Hall–Kier alpha value is -1.39. The summed E-state index contributed by atoms with van der Waals surface area (Å²) in [6.45, 7) is 0. The van der Waals surface area contributed by atoms with E-state index in [1.54, 1.807) is 19.4 Å². The predicted molar refractivity (Wildman–Crippen MR) is 60.3 cm³/mol. The van der Waals surface area contributed by atoms with Gasteiger partial charge in [-0.15, -0.1) is 0 Å². The molecule has 1 aliphatic carbocycles. The Kier molecular flexibility index (Phi) is 3.22. The summed E-state index contributed by atoms with van der Waals surface area (Å²) >= 11 is 0. The normalized spacial score (nSPS) is 25.4. The second-order valence-corrected chi connectivity index (χ2v) is 4.24. The number of rotatable bonds is 2. The zero-order valence-corrected chi connectivity index (χ0v) is 9.32. The average Bonchev–Trinajstić information content (AvgIpc) is 2.28. The molecule has 2 atom stereocenters. The number of hydrogen-bond acceptors (Lipinski definition) is 3. The monoisotopic (exact) mass is 225 g/mol. The Labute approximate surface area is 93.5 Å². The van der Waals surface area contributed by atoms with Crippen LogP contribution in [0.3, 0.4) is 0 Å². The Morgan fingerprint density at radius 3 is 3.00 bits per heavy atom. The number of nitrogens with one attached hydrogen (secondary N) is 1. The van der Waals surface area contributed by atoms with Gasteiger partial charge in [0.25, 0.3) is 5.56 Å². The van der Waals surface area contributed by atoms with Crippen LogP contribution >= 0.6 is 0 Å². The summed E-state index contributed by atoms with van der Waals surface area (Å²) in [6, 6.07) is -0.267. The number of halogens is 1. The smallest absolute Gasteiger partial charge is 0.293 e. The standard InChI is InChI=1S/C11H16FN3O/c1-15-7-6-13-10(11(15)16)14-9-5-3-2-4-8(9)12/h6-9H,2-5H2,1H3,(H,13,14)/t8-,9-/m1/s1. The van der Waals surface area contributed by atoms with E-state index in [0.717, 1.165) is 19.3 Å². The quantitative estimate of drug-likeness (QED) is 0.829. The van der Waals surface area contributed by atoms with E-state index in [2.05, 4.69) is 10.3 Å². The maximum atomic E-state index is 13.6. The zero-order chi connectivity index (χ0) is 11.5. The highest BCUT2D eigenvalue weighted by molar-refractivity contribution is 5.32. The Bertz CT molecular complexity index is 418. The summed E-state index contributed by atoms with van der Waals surface area (Å²) in [5.74, 6) is 0.250. The third-order valence-electron chi connectivity index (χ3n) is 3.02. The molecule has 88 valence electrons. The van der Waals surface area contributed by atoms with Crippen molar-refractivity contribution >= 4 is 5.82 Å². The first-order valence-electron chi connectivity index (χ1n) is 5.61. The minimum absolute atomic E-state index is 0.208. The fraction of sp³-hybridized carbons (Fsp3) is 0.636. The van der Waals surface area contributed by atoms with E-state index in [0.29, 0.717) is 6.42 Å². The Morgan fingerprint density at radius 1 is 1.50 bits per heavy atom. The third-order valence-corrected chi connectivity index (χ3v) is 3.02. The lowest BCUT2D eigenvalue weighted by Gasteiger charge is -2.26. The van der Waals surface area contributed by atoms with Crippen LogP contribution in [0.5, 0.6) is 0 Å². The number of alkyl halides is 1. The van der Waals surface area contributed by atoms with E-state index in [9.17, 15) is 9.18 Å². The van der Waals surface area contributed by atoms with Crippen molar-refractivity contribution in [2.24, 2.45) is 7.05 Å². The highest BCUT2D eigenvalue weighted by Crippen LogP contribution is 2.22. The molecule has 0 spiro atoms. The molecule has 5 heteroatoms. The van der Waals surface area contributed by atoms with Gasteiger partial charge in [-0.25, -0.2) is 9.37 Å². The number of aryl methyl sites for hydroxylation is 1. The fourth-order valence-corrected chi connectivity index (χ4v) is 2.02. The lowest BCUT2D eigenvalue weighted by Crippen LogP contribution is -2.36. The van der Waals surface area contributed by atoms with Gasteiger partial charge in [-0.3, -0.25) is 4.79 Å². The highest BCUT2D eigenvalue weighted by atomic mass is 19.1. The molecular formula is C11H16FN3O. The van der Waals surface area contributed by atoms with Crippen LogP contribution < -0.4 is 10.9 Å². The molecule has 1 aliphatic rings. The predicted octanol–water partition coefficient (Wildman–Crippen LogP) is 1.47. The number of anilines is 1. The van der Waals surface area contributed by atoms with Crippen molar-refractivity contribution in [3.05, 3.63) is 22.7 Å². The molecular weight excluding hydrogens is 209 g/mol. The minimum Gasteiger partial charge on any atom is -0.360 e. The van der Waals surface area contributed by atoms with Crippen molar-refractivity contribution in [3.8, 4) is 0 Å². The molecule has 1 aromatic rings. The van der Waals surface area contributed by atoms with Gasteiger partial charge in [0.1, 0.15) is 6.17 Å². The number of hydrogen-bond donors (Lipinski definition) is 1. The molecule has 1 heterocycles. The summed E-state index contributed by atoms with van der Waals surface area (Å²) < 4.78 is 15.0. The van der Waals surface area contributed by atoms with Crippen molar-refractivity contribution in [1.82, 2.24) is 9.55 Å². The Balaban J connectivity index is 2.14. The van der Waals surface area contributed by atoms with Crippen LogP contribution in [0.1, 0.15) is 25.7 Å². The summed E-state index contributed by atoms with van der Waals surface area (Å²) in [5.41, 5.74) is -0.208. The van der Waals surface area contributed by atoms with Gasteiger partial charge in [-0.05, 0) is 12.8 Å². The second-order valence-electron chi connectivity index (χ2n) is 4.24. The molecule has 0 saturated heterocycles. The number of nitrogens with zero attached hydrogens (tertiary/aromatic N) is 2. The molecule has 4 nitrogen and oxygen atoms in total. The summed E-state index contributed by atoms with van der Waals surface area (Å²) in [4.78, 5) is 15.6. The summed E-state index contributed by atoms with van der Waals surface area (Å²) in [7, 11) is 1.66. The molecule has 16 heavy (non-hydrogen) atoms. The lowest BCUT2D eigenvalue weighted by atomic mass is 9.94. The van der Waals surface area contributed by atoms with Crippen molar-refractivity contribution in [3.63, 3.8) is 0 Å². The molecule has 1 N–H and O–H groups in total. The molecule has 1 saturated carbocycles. The first-order valence-corrected chi connectivity index (χ1v) is 5.61. The van der Waals surface area contributed by atoms with Crippen LogP contribution in [0.2, 0.25) is 0 Å². The fourth-order valence-electron chi connectivity index (χ4n) is 2.02. The van der Waals surface area contributed by atoms with E-state index in [1.165, 1.54) is 4.57 Å². The Morgan fingerprint density at radius 2 is 2.25 bits per heavy atom. The molecule has 0 radical (unpaired) electrons. The van der Waals surface area contributed by atoms with Crippen molar-refractivity contribution in [2.75, 3.05) is 5.32 Å². The van der Waals surface area contributed by atoms with Crippen LogP contribution in [-0.4, -0.2) is 21.8 Å². The first-order chi connectivity index (χ1) is 7.68. The van der Waals surface area contributed by atoms with Crippen molar-refractivity contribution < 1.29 is 4.39 Å². The first kappa shape index (κ1) is 11.1. The maximum absolute atomic E-state index is 13.6. The van der Waals surface area contributed by atoms with Crippen LogP contribution in [0, 0.1) is 0 Å². The second kappa shape index (κ2) is 4.63. The van der Waals surface area contributed by atoms with Crippen LogP contribution in [-0.2, 0) is 7.05 Å². The summed E-state index contributed by atoms with van der Waals surface area (Å²) in [5, 5.41) is 2.92. The molecule has 0 bridgehead atoms. The van der Waals surface area contributed by atoms with Gasteiger partial charge in [-0.2, -0.15) is 0 Å². The van der Waals surface area contributed by atoms with Gasteiger partial charge in [0.2, 0.25) is 0 Å². The summed E-state index contributed by atoms with van der Waals surface area (Å²) in [6.07, 6.45) is 5.53. The maximum Gasteiger partial charge on any atom is 0.293 e. The topological polar surface area (TPSA) is 46.9 Å². The number of aromatic nitrogens is 2. The molecule has 0 aromatic carbocycles. The molecule has 2 rings (SSSR count). The lowest BCUT2D eigenvalue weighted by molar-refractivity contribution is 0.229. The van der Waals surface area contributed by atoms with Crippen LogP contribution in [0.4, 0.5) is 10.2 Å². The van der Waals surface area contributed by atoms with Gasteiger partial charge in [0.05, 0.1) is 6.04 Å². The van der Waals surface area contributed by atoms with Gasteiger partial charge in [0.15, 0.2) is 5.82 Å². The van der Waals surface area contributed by atoms with Crippen LogP contribution in [0.15, 0.2) is 17.2 Å². The van der Waals surface area contributed by atoms with E-state index in [4.69, 9.17) is 0 Å². The largest absolute Gasteiger partial charge is 0.360 e. The third kappa shape index (κ3) is 2.23. The van der Waals surface area contributed by atoms with Gasteiger partial charge >= 0.3 is 0 Å². The molecule has 0 unspecified atom stereocenters. The van der Waals surface area contributed by atoms with Crippen molar-refractivity contribution in [2.45, 2.75) is 37.9 Å². The van der Waals surface area contributed by atoms with E-state index < -0.39 is 6.17 Å². The average molecular weight is 225 g/mol. The molecule has 1 fully saturated rings. The van der Waals surface area contributed by atoms with Gasteiger partial charge < -0.3 is 9.88 Å². The van der Waals surface area contributed by atoms with E-state index >= 15 is 0 Å². The molecule has 0 amide bonds.